The van der Waals surface area contributed by atoms with Crippen molar-refractivity contribution in [3.8, 4) is 5.75 Å². The van der Waals surface area contributed by atoms with Gasteiger partial charge in [-0.3, -0.25) is 9.69 Å². The van der Waals surface area contributed by atoms with E-state index in [-0.39, 0.29) is 11.7 Å². The van der Waals surface area contributed by atoms with E-state index in [0.717, 1.165) is 38.2 Å². The summed E-state index contributed by atoms with van der Waals surface area (Å²) in [5.41, 5.74) is 1.18. The monoisotopic (exact) mass is 410 g/mol. The molecule has 4 rings (SSSR count). The van der Waals surface area contributed by atoms with Crippen LogP contribution >= 0.6 is 0 Å². The van der Waals surface area contributed by atoms with Gasteiger partial charge in [-0.2, -0.15) is 0 Å². The third-order valence-electron chi connectivity index (χ3n) is 6.42. The van der Waals surface area contributed by atoms with Gasteiger partial charge in [-0.25, -0.2) is 4.39 Å². The first kappa shape index (κ1) is 20.9. The highest BCUT2D eigenvalue weighted by atomic mass is 19.1. The van der Waals surface area contributed by atoms with Crippen LogP contribution in [-0.4, -0.2) is 30.0 Å². The Morgan fingerprint density at radius 2 is 1.87 bits per heavy atom. The molecule has 0 unspecified atom stereocenters. The molecule has 4 nitrogen and oxygen atoms in total. The van der Waals surface area contributed by atoms with Gasteiger partial charge in [-0.1, -0.05) is 30.3 Å². The lowest BCUT2D eigenvalue weighted by Crippen LogP contribution is -2.52. The van der Waals surface area contributed by atoms with Gasteiger partial charge >= 0.3 is 0 Å². The minimum atomic E-state index is -0.638. The van der Waals surface area contributed by atoms with E-state index in [1.807, 2.05) is 12.1 Å². The van der Waals surface area contributed by atoms with Crippen molar-refractivity contribution in [1.82, 2.24) is 10.2 Å². The summed E-state index contributed by atoms with van der Waals surface area (Å²) in [6, 6.07) is 15.2. The molecule has 5 heteroatoms. The van der Waals surface area contributed by atoms with E-state index in [0.29, 0.717) is 24.5 Å². The minimum Gasteiger partial charge on any atom is -0.490 e. The molecule has 30 heavy (non-hydrogen) atoms. The first-order valence-electron chi connectivity index (χ1n) is 11.1. The van der Waals surface area contributed by atoms with Gasteiger partial charge in [-0.15, -0.1) is 0 Å². The highest BCUT2D eigenvalue weighted by Crippen LogP contribution is 2.35. The van der Waals surface area contributed by atoms with Gasteiger partial charge in [-0.05, 0) is 62.3 Å². The molecule has 1 aliphatic heterocycles. The van der Waals surface area contributed by atoms with Crippen LogP contribution in [0.1, 0.15) is 56.6 Å². The highest BCUT2D eigenvalue weighted by molar-refractivity contribution is 5.74. The summed E-state index contributed by atoms with van der Waals surface area (Å²) in [6.45, 7) is 3.92. The van der Waals surface area contributed by atoms with Crippen molar-refractivity contribution in [2.24, 2.45) is 0 Å². The largest absolute Gasteiger partial charge is 0.490 e. The molecule has 0 radical (unpaired) electrons. The third kappa shape index (κ3) is 4.84. The minimum absolute atomic E-state index is 0.122. The topological polar surface area (TPSA) is 41.6 Å². The lowest BCUT2D eigenvalue weighted by Gasteiger charge is -2.42. The van der Waals surface area contributed by atoms with Gasteiger partial charge in [0, 0.05) is 32.1 Å². The van der Waals surface area contributed by atoms with Crippen LogP contribution in [0.15, 0.2) is 48.5 Å². The van der Waals surface area contributed by atoms with Gasteiger partial charge in [0.05, 0.1) is 11.6 Å². The zero-order chi connectivity index (χ0) is 21.0. The quantitative estimate of drug-likeness (QED) is 0.746. The molecule has 1 amide bonds. The number of piperidine rings is 1. The second kappa shape index (κ2) is 9.17. The van der Waals surface area contributed by atoms with Crippen molar-refractivity contribution in [2.45, 2.75) is 63.6 Å². The van der Waals surface area contributed by atoms with Gasteiger partial charge in [0.15, 0.2) is 0 Å². The summed E-state index contributed by atoms with van der Waals surface area (Å²) in [7, 11) is 0. The van der Waals surface area contributed by atoms with E-state index in [1.165, 1.54) is 31.4 Å². The maximum Gasteiger partial charge on any atom is 0.217 e. The van der Waals surface area contributed by atoms with Gasteiger partial charge < -0.3 is 10.1 Å². The highest BCUT2D eigenvalue weighted by Gasteiger charge is 2.38. The average Bonchev–Trinajstić information content (AvgIpc) is 3.23. The predicted molar refractivity (Wildman–Crippen MR) is 116 cm³/mol. The summed E-state index contributed by atoms with van der Waals surface area (Å²) in [4.78, 5) is 14.3. The standard InChI is InChI=1S/C25H31FN2O2/c1-19(29)27-25(23-11-4-5-12-24(23)26)13-15-28(16-14-25)18-20-7-6-10-22(17-20)30-21-8-2-3-9-21/h4-7,10-12,17,21H,2-3,8-9,13-16,18H2,1H3,(H,27,29). The van der Waals surface area contributed by atoms with Crippen molar-refractivity contribution in [3.63, 3.8) is 0 Å². The smallest absolute Gasteiger partial charge is 0.217 e. The molecular formula is C25H31FN2O2. The molecule has 0 atom stereocenters. The lowest BCUT2D eigenvalue weighted by atomic mass is 9.80. The van der Waals surface area contributed by atoms with Crippen LogP contribution < -0.4 is 10.1 Å². The molecule has 2 aliphatic rings. The van der Waals surface area contributed by atoms with E-state index >= 15 is 0 Å². The molecule has 1 heterocycles. The van der Waals surface area contributed by atoms with Gasteiger partial charge in [0.25, 0.3) is 0 Å². The Morgan fingerprint density at radius 1 is 1.13 bits per heavy atom. The fourth-order valence-corrected chi connectivity index (χ4v) is 4.91. The number of nitrogens with zero attached hydrogens (tertiary/aromatic N) is 1. The summed E-state index contributed by atoms with van der Waals surface area (Å²) in [5, 5.41) is 3.06. The van der Waals surface area contributed by atoms with Crippen LogP contribution in [0.3, 0.4) is 0 Å². The number of halogens is 1. The normalized spacial score (nSPS) is 19.5. The zero-order valence-electron chi connectivity index (χ0n) is 17.7. The molecule has 0 bridgehead atoms. The van der Waals surface area contributed by atoms with Crippen LogP contribution in [0.5, 0.6) is 5.75 Å². The number of hydrogen-bond acceptors (Lipinski definition) is 3. The van der Waals surface area contributed by atoms with Gasteiger partial charge in [0.2, 0.25) is 5.91 Å². The Kier molecular flexibility index (Phi) is 6.38. The Morgan fingerprint density at radius 3 is 2.57 bits per heavy atom. The van der Waals surface area contributed by atoms with E-state index < -0.39 is 5.54 Å². The van der Waals surface area contributed by atoms with Crippen molar-refractivity contribution in [1.29, 1.82) is 0 Å². The molecular weight excluding hydrogens is 379 g/mol. The number of rotatable bonds is 6. The molecule has 1 saturated heterocycles. The number of ether oxygens (including phenoxy) is 1. The van der Waals surface area contributed by atoms with E-state index in [9.17, 15) is 9.18 Å². The predicted octanol–water partition coefficient (Wildman–Crippen LogP) is 4.77. The molecule has 0 spiro atoms. The molecule has 1 aliphatic carbocycles. The molecule has 2 aromatic carbocycles. The molecule has 2 aromatic rings. The zero-order valence-corrected chi connectivity index (χ0v) is 17.7. The first-order chi connectivity index (χ1) is 14.5. The lowest BCUT2D eigenvalue weighted by molar-refractivity contribution is -0.121. The van der Waals surface area contributed by atoms with Crippen molar-refractivity contribution in [3.05, 3.63) is 65.5 Å². The molecule has 1 saturated carbocycles. The van der Waals surface area contributed by atoms with E-state index in [1.54, 1.807) is 12.1 Å². The Balaban J connectivity index is 1.42. The number of hydrogen-bond donors (Lipinski definition) is 1. The van der Waals surface area contributed by atoms with Crippen LogP contribution in [0.4, 0.5) is 4.39 Å². The SMILES string of the molecule is CC(=O)NC1(c2ccccc2F)CCN(Cc2cccc(OC3CCCC3)c2)CC1. The Hall–Kier alpha value is -2.40. The Labute approximate surface area is 178 Å². The molecule has 0 aromatic heterocycles. The van der Waals surface area contributed by atoms with Crippen molar-refractivity contribution >= 4 is 5.91 Å². The van der Waals surface area contributed by atoms with Crippen LogP contribution in [0, 0.1) is 5.82 Å². The number of carbonyl (C=O) groups excluding carboxylic acids is 1. The summed E-state index contributed by atoms with van der Waals surface area (Å²) < 4.78 is 20.7. The number of likely N-dealkylation sites (tertiary alicyclic amines) is 1. The van der Waals surface area contributed by atoms with Crippen LogP contribution in [-0.2, 0) is 16.9 Å². The third-order valence-corrected chi connectivity index (χ3v) is 6.42. The second-order valence-electron chi connectivity index (χ2n) is 8.69. The van der Waals surface area contributed by atoms with Gasteiger partial charge in [0.1, 0.15) is 11.6 Å². The number of nitrogens with one attached hydrogen (secondary N) is 1. The maximum absolute atomic E-state index is 14.5. The summed E-state index contributed by atoms with van der Waals surface area (Å²) in [5.74, 6) is 0.579. The van der Waals surface area contributed by atoms with Crippen molar-refractivity contribution < 1.29 is 13.9 Å². The summed E-state index contributed by atoms with van der Waals surface area (Å²) >= 11 is 0. The number of benzene rings is 2. The molecule has 2 fully saturated rings. The molecule has 1 N–H and O–H groups in total. The van der Waals surface area contributed by atoms with Crippen LogP contribution in [0.2, 0.25) is 0 Å². The van der Waals surface area contributed by atoms with E-state index in [4.69, 9.17) is 4.74 Å². The average molecular weight is 411 g/mol. The maximum atomic E-state index is 14.5. The number of carbonyl (C=O) groups is 1. The molecule has 160 valence electrons. The Bertz CT molecular complexity index is 871. The first-order valence-corrected chi connectivity index (χ1v) is 11.1. The van der Waals surface area contributed by atoms with E-state index in [2.05, 4.69) is 28.4 Å². The number of amides is 1. The van der Waals surface area contributed by atoms with Crippen molar-refractivity contribution in [2.75, 3.05) is 13.1 Å². The summed E-state index contributed by atoms with van der Waals surface area (Å²) in [6.07, 6.45) is 6.55. The fourth-order valence-electron chi connectivity index (χ4n) is 4.91. The second-order valence-corrected chi connectivity index (χ2v) is 8.69. The fraction of sp³-hybridized carbons (Fsp3) is 0.480. The van der Waals surface area contributed by atoms with Crippen LogP contribution in [0.25, 0.3) is 0 Å².